The van der Waals surface area contributed by atoms with Gasteiger partial charge in [-0.15, -0.1) is 11.6 Å². The quantitative estimate of drug-likeness (QED) is 0.665. The van der Waals surface area contributed by atoms with Gasteiger partial charge in [0.15, 0.2) is 5.65 Å². The number of fused-ring (bicyclic) bond motifs is 1. The maximum Gasteiger partial charge on any atom is 0.159 e. The van der Waals surface area contributed by atoms with Crippen LogP contribution in [0.4, 0.5) is 0 Å². The number of rotatable bonds is 2. The average molecular weight is 272 g/mol. The molecular weight excluding hydrogens is 258 g/mol. The molecule has 0 aliphatic rings. The molecule has 3 rings (SSSR count). The Hall–Kier alpha value is -1.87. The Morgan fingerprint density at radius 3 is 2.63 bits per heavy atom. The van der Waals surface area contributed by atoms with Crippen LogP contribution in [0.15, 0.2) is 36.8 Å². The SMILES string of the molecule is Cc1cccc(C)c1-c1cc(CCl)c2ncnn2c1. The van der Waals surface area contributed by atoms with Crippen LogP contribution < -0.4 is 0 Å². The molecule has 96 valence electrons. The number of alkyl halides is 1. The van der Waals surface area contributed by atoms with Gasteiger partial charge in [0.25, 0.3) is 0 Å². The highest BCUT2D eigenvalue weighted by molar-refractivity contribution is 6.17. The molecule has 3 nitrogen and oxygen atoms in total. The lowest BCUT2D eigenvalue weighted by Gasteiger charge is -2.11. The molecule has 2 heterocycles. The van der Waals surface area contributed by atoms with Gasteiger partial charge in [-0.2, -0.15) is 5.10 Å². The van der Waals surface area contributed by atoms with E-state index in [0.29, 0.717) is 5.88 Å². The lowest BCUT2D eigenvalue weighted by Crippen LogP contribution is -1.96. The van der Waals surface area contributed by atoms with E-state index in [1.54, 1.807) is 10.8 Å². The molecule has 0 atom stereocenters. The first kappa shape index (κ1) is 12.2. The van der Waals surface area contributed by atoms with Crippen LogP contribution in [0.3, 0.4) is 0 Å². The van der Waals surface area contributed by atoms with E-state index in [0.717, 1.165) is 16.8 Å². The second-order valence-corrected chi connectivity index (χ2v) is 4.95. The average Bonchev–Trinajstić information content (AvgIpc) is 2.85. The number of hydrogen-bond donors (Lipinski definition) is 0. The summed E-state index contributed by atoms with van der Waals surface area (Å²) in [6, 6.07) is 8.42. The number of benzene rings is 1. The van der Waals surface area contributed by atoms with Crippen LogP contribution >= 0.6 is 11.6 Å². The van der Waals surface area contributed by atoms with Crippen molar-refractivity contribution in [3.05, 3.63) is 53.5 Å². The molecule has 3 aromatic rings. The summed E-state index contributed by atoms with van der Waals surface area (Å²) in [4.78, 5) is 4.24. The second kappa shape index (κ2) is 4.67. The smallest absolute Gasteiger partial charge is 0.159 e. The van der Waals surface area contributed by atoms with Gasteiger partial charge in [0.05, 0.1) is 5.88 Å². The molecule has 0 aliphatic carbocycles. The predicted molar refractivity (Wildman–Crippen MR) is 77.5 cm³/mol. The molecule has 0 N–H and O–H groups in total. The van der Waals surface area contributed by atoms with Gasteiger partial charge in [0, 0.05) is 17.3 Å². The highest BCUT2D eigenvalue weighted by Crippen LogP contribution is 2.28. The van der Waals surface area contributed by atoms with Crippen LogP contribution in [0.5, 0.6) is 0 Å². The van der Waals surface area contributed by atoms with Crippen molar-refractivity contribution >= 4 is 17.2 Å². The molecule has 0 saturated heterocycles. The Kier molecular flexibility index (Phi) is 2.99. The summed E-state index contributed by atoms with van der Waals surface area (Å²) < 4.78 is 1.79. The lowest BCUT2D eigenvalue weighted by molar-refractivity contribution is 0.956. The second-order valence-electron chi connectivity index (χ2n) is 4.68. The zero-order valence-corrected chi connectivity index (χ0v) is 11.6. The third kappa shape index (κ3) is 2.00. The van der Waals surface area contributed by atoms with E-state index in [9.17, 15) is 0 Å². The van der Waals surface area contributed by atoms with Crippen molar-refractivity contribution in [2.75, 3.05) is 0 Å². The third-order valence-corrected chi connectivity index (χ3v) is 3.65. The maximum absolute atomic E-state index is 6.02. The van der Waals surface area contributed by atoms with Crippen LogP contribution in [0, 0.1) is 13.8 Å². The van der Waals surface area contributed by atoms with E-state index < -0.39 is 0 Å². The van der Waals surface area contributed by atoms with Crippen molar-refractivity contribution in [3.63, 3.8) is 0 Å². The molecule has 1 aromatic carbocycles. The first-order chi connectivity index (χ1) is 9.20. The Morgan fingerprint density at radius 2 is 1.95 bits per heavy atom. The predicted octanol–water partition coefficient (Wildman–Crippen LogP) is 3.75. The molecule has 4 heteroatoms. The van der Waals surface area contributed by atoms with Crippen molar-refractivity contribution in [1.29, 1.82) is 0 Å². The highest BCUT2D eigenvalue weighted by atomic mass is 35.5. The minimum atomic E-state index is 0.432. The Labute approximate surface area is 116 Å². The number of aryl methyl sites for hydroxylation is 2. The van der Waals surface area contributed by atoms with E-state index in [1.165, 1.54) is 16.7 Å². The summed E-state index contributed by atoms with van der Waals surface area (Å²) in [6.45, 7) is 4.24. The monoisotopic (exact) mass is 271 g/mol. The fourth-order valence-corrected chi connectivity index (χ4v) is 2.70. The van der Waals surface area contributed by atoms with Crippen LogP contribution in [0.25, 0.3) is 16.8 Å². The summed E-state index contributed by atoms with van der Waals surface area (Å²) >= 11 is 6.02. The fraction of sp³-hybridized carbons (Fsp3) is 0.200. The molecule has 0 spiro atoms. The first-order valence-electron chi connectivity index (χ1n) is 6.15. The van der Waals surface area contributed by atoms with E-state index in [-0.39, 0.29) is 0 Å². The Balaban J connectivity index is 2.31. The van der Waals surface area contributed by atoms with Gasteiger partial charge in [-0.1, -0.05) is 18.2 Å². The summed E-state index contributed by atoms with van der Waals surface area (Å²) in [5, 5.41) is 4.22. The van der Waals surface area contributed by atoms with Crippen LogP contribution in [0.1, 0.15) is 16.7 Å². The maximum atomic E-state index is 6.02. The molecule has 0 saturated carbocycles. The lowest BCUT2D eigenvalue weighted by atomic mass is 9.96. The summed E-state index contributed by atoms with van der Waals surface area (Å²) in [7, 11) is 0. The zero-order chi connectivity index (χ0) is 13.4. The largest absolute Gasteiger partial charge is 0.220 e. The molecule has 0 fully saturated rings. The van der Waals surface area contributed by atoms with E-state index in [4.69, 9.17) is 11.6 Å². The molecule has 0 amide bonds. The molecule has 0 unspecified atom stereocenters. The minimum absolute atomic E-state index is 0.432. The highest BCUT2D eigenvalue weighted by Gasteiger charge is 2.10. The van der Waals surface area contributed by atoms with Gasteiger partial charge < -0.3 is 0 Å². The van der Waals surface area contributed by atoms with Crippen molar-refractivity contribution < 1.29 is 0 Å². The molecule has 2 aromatic heterocycles. The summed E-state index contributed by atoms with van der Waals surface area (Å²) in [5.41, 5.74) is 6.69. The number of nitrogens with zero attached hydrogens (tertiary/aromatic N) is 3. The normalized spacial score (nSPS) is 11.1. The summed E-state index contributed by atoms with van der Waals surface area (Å²) in [6.07, 6.45) is 3.56. The molecular formula is C15H14ClN3. The topological polar surface area (TPSA) is 30.2 Å². The van der Waals surface area contributed by atoms with Crippen LogP contribution in [-0.4, -0.2) is 14.6 Å². The number of pyridine rings is 1. The molecule has 0 aliphatic heterocycles. The van der Waals surface area contributed by atoms with Gasteiger partial charge in [0.1, 0.15) is 6.33 Å². The van der Waals surface area contributed by atoms with Crippen molar-refractivity contribution in [2.45, 2.75) is 19.7 Å². The van der Waals surface area contributed by atoms with E-state index in [2.05, 4.69) is 48.2 Å². The van der Waals surface area contributed by atoms with E-state index >= 15 is 0 Å². The Morgan fingerprint density at radius 1 is 1.21 bits per heavy atom. The van der Waals surface area contributed by atoms with E-state index in [1.807, 2.05) is 6.20 Å². The summed E-state index contributed by atoms with van der Waals surface area (Å²) in [5.74, 6) is 0.432. The third-order valence-electron chi connectivity index (χ3n) is 3.37. The number of aromatic nitrogens is 3. The van der Waals surface area contributed by atoms with Crippen molar-refractivity contribution in [2.24, 2.45) is 0 Å². The van der Waals surface area contributed by atoms with Gasteiger partial charge >= 0.3 is 0 Å². The molecule has 0 radical (unpaired) electrons. The van der Waals surface area contributed by atoms with Gasteiger partial charge in [-0.05, 0) is 36.6 Å². The van der Waals surface area contributed by atoms with Crippen molar-refractivity contribution in [3.8, 4) is 11.1 Å². The van der Waals surface area contributed by atoms with Crippen molar-refractivity contribution in [1.82, 2.24) is 14.6 Å². The zero-order valence-electron chi connectivity index (χ0n) is 10.9. The van der Waals surface area contributed by atoms with Gasteiger partial charge in [-0.25, -0.2) is 9.50 Å². The number of halogens is 1. The fourth-order valence-electron chi connectivity index (χ4n) is 2.50. The van der Waals surface area contributed by atoms with Crippen LogP contribution in [-0.2, 0) is 5.88 Å². The molecule has 19 heavy (non-hydrogen) atoms. The minimum Gasteiger partial charge on any atom is -0.220 e. The Bertz CT molecular complexity index is 726. The van der Waals surface area contributed by atoms with Gasteiger partial charge in [0.2, 0.25) is 0 Å². The van der Waals surface area contributed by atoms with Crippen LogP contribution in [0.2, 0.25) is 0 Å². The number of hydrogen-bond acceptors (Lipinski definition) is 2. The standard InChI is InChI=1S/C15H14ClN3/c1-10-4-3-5-11(2)14(10)13-6-12(7-16)15-17-9-18-19(15)8-13/h3-6,8-9H,7H2,1-2H3. The first-order valence-corrected chi connectivity index (χ1v) is 6.69. The molecule has 0 bridgehead atoms. The van der Waals surface area contributed by atoms with Gasteiger partial charge in [-0.3, -0.25) is 0 Å².